The summed E-state index contributed by atoms with van der Waals surface area (Å²) < 4.78 is 24.2. The predicted octanol–water partition coefficient (Wildman–Crippen LogP) is 3.94. The standard InChI is InChI=1S/C23H33NO3S/c25-28-14-7-18(8-15-28)17-26-21-4-5-22-19(16-21)6-9-23(27-22)10-12-24(13-11-23)20-2-1-3-20/h4-5,16,18,20H,1-3,6-15,17H2. The first-order chi connectivity index (χ1) is 13.7. The average molecular weight is 404 g/mol. The van der Waals surface area contributed by atoms with Gasteiger partial charge in [-0.2, -0.15) is 0 Å². The fourth-order valence-electron chi connectivity index (χ4n) is 5.21. The van der Waals surface area contributed by atoms with Gasteiger partial charge in [-0.15, -0.1) is 0 Å². The lowest BCUT2D eigenvalue weighted by molar-refractivity contribution is -0.0337. The van der Waals surface area contributed by atoms with Gasteiger partial charge < -0.3 is 18.9 Å². The van der Waals surface area contributed by atoms with Gasteiger partial charge in [0.15, 0.2) is 0 Å². The maximum Gasteiger partial charge on any atom is 0.123 e. The Morgan fingerprint density at radius 3 is 2.61 bits per heavy atom. The SMILES string of the molecule is [O-][S+]1CCC(COc2ccc3c(c2)CCC2(CCN(C4CCC4)CC2)O3)CC1. The second-order valence-electron chi connectivity index (χ2n) is 9.28. The van der Waals surface area contributed by atoms with E-state index in [1.54, 1.807) is 0 Å². The topological polar surface area (TPSA) is 44.8 Å². The Labute approximate surface area is 172 Å². The summed E-state index contributed by atoms with van der Waals surface area (Å²) in [6, 6.07) is 7.24. The summed E-state index contributed by atoms with van der Waals surface area (Å²) >= 11 is -0.594. The van der Waals surface area contributed by atoms with Crippen LogP contribution in [-0.2, 0) is 17.6 Å². The van der Waals surface area contributed by atoms with Gasteiger partial charge in [-0.05, 0) is 75.1 Å². The van der Waals surface area contributed by atoms with Crippen LogP contribution in [0.4, 0.5) is 0 Å². The Morgan fingerprint density at radius 1 is 1.11 bits per heavy atom. The van der Waals surface area contributed by atoms with Crippen LogP contribution in [0.5, 0.6) is 11.5 Å². The van der Waals surface area contributed by atoms with Gasteiger partial charge in [0.05, 0.1) is 6.61 Å². The van der Waals surface area contributed by atoms with E-state index < -0.39 is 11.2 Å². The molecular weight excluding hydrogens is 370 g/mol. The molecule has 28 heavy (non-hydrogen) atoms. The predicted molar refractivity (Wildman–Crippen MR) is 113 cm³/mol. The number of hydrogen-bond donors (Lipinski definition) is 0. The van der Waals surface area contributed by atoms with Gasteiger partial charge in [0.1, 0.15) is 28.6 Å². The minimum Gasteiger partial charge on any atom is -0.616 e. The smallest absolute Gasteiger partial charge is 0.123 e. The molecular formula is C23H33NO3S. The van der Waals surface area contributed by atoms with Gasteiger partial charge in [0, 0.05) is 25.0 Å². The van der Waals surface area contributed by atoms with E-state index in [1.807, 2.05) is 0 Å². The molecule has 0 amide bonds. The highest BCUT2D eigenvalue weighted by Crippen LogP contribution is 2.42. The molecule has 0 radical (unpaired) electrons. The molecule has 1 aliphatic carbocycles. The molecule has 4 nitrogen and oxygen atoms in total. The van der Waals surface area contributed by atoms with Crippen LogP contribution in [0.3, 0.4) is 0 Å². The minimum absolute atomic E-state index is 0.0629. The molecule has 1 aromatic carbocycles. The number of fused-ring (bicyclic) bond motifs is 1. The molecule has 3 fully saturated rings. The molecule has 0 bridgehead atoms. The lowest BCUT2D eigenvalue weighted by Gasteiger charge is -2.48. The van der Waals surface area contributed by atoms with Crippen molar-refractivity contribution in [1.29, 1.82) is 0 Å². The largest absolute Gasteiger partial charge is 0.616 e. The molecule has 4 aliphatic rings. The number of benzene rings is 1. The summed E-state index contributed by atoms with van der Waals surface area (Å²) in [5.74, 6) is 4.26. The first kappa shape index (κ1) is 19.1. The molecule has 0 aromatic heterocycles. The third-order valence-electron chi connectivity index (χ3n) is 7.50. The van der Waals surface area contributed by atoms with Gasteiger partial charge in [0.25, 0.3) is 0 Å². The number of nitrogens with zero attached hydrogens (tertiary/aromatic N) is 1. The molecule has 0 unspecified atom stereocenters. The van der Waals surface area contributed by atoms with Crippen molar-refractivity contribution < 1.29 is 14.0 Å². The maximum atomic E-state index is 11.5. The Bertz CT molecular complexity index is 676. The molecule has 0 atom stereocenters. The maximum absolute atomic E-state index is 11.5. The summed E-state index contributed by atoms with van der Waals surface area (Å²) in [5.41, 5.74) is 1.36. The lowest BCUT2D eigenvalue weighted by Crippen LogP contribution is -2.53. The molecule has 5 rings (SSSR count). The van der Waals surface area contributed by atoms with Crippen molar-refractivity contribution in [3.8, 4) is 11.5 Å². The van der Waals surface area contributed by atoms with Crippen molar-refractivity contribution in [2.45, 2.75) is 69.4 Å². The summed E-state index contributed by atoms with van der Waals surface area (Å²) in [5, 5.41) is 0. The highest BCUT2D eigenvalue weighted by atomic mass is 32.2. The van der Waals surface area contributed by atoms with Crippen molar-refractivity contribution in [2.75, 3.05) is 31.2 Å². The molecule has 154 valence electrons. The summed E-state index contributed by atoms with van der Waals surface area (Å²) in [6.07, 6.45) is 10.8. The van der Waals surface area contributed by atoms with Crippen LogP contribution in [0.2, 0.25) is 0 Å². The van der Waals surface area contributed by atoms with Crippen LogP contribution < -0.4 is 9.47 Å². The number of aryl methyl sites for hydroxylation is 1. The van der Waals surface area contributed by atoms with Crippen LogP contribution >= 0.6 is 0 Å². The molecule has 3 heterocycles. The third-order valence-corrected chi connectivity index (χ3v) is 8.88. The number of hydrogen-bond acceptors (Lipinski definition) is 4. The van der Waals surface area contributed by atoms with Crippen LogP contribution in [0.1, 0.15) is 56.9 Å². The van der Waals surface area contributed by atoms with E-state index in [1.165, 1.54) is 50.8 Å². The van der Waals surface area contributed by atoms with Crippen LogP contribution in [0.25, 0.3) is 0 Å². The molecule has 3 aliphatic heterocycles. The lowest BCUT2D eigenvalue weighted by atomic mass is 9.81. The number of likely N-dealkylation sites (tertiary alicyclic amines) is 1. The Hall–Kier alpha value is -0.910. The van der Waals surface area contributed by atoms with Crippen molar-refractivity contribution in [3.63, 3.8) is 0 Å². The second kappa shape index (κ2) is 8.08. The summed E-state index contributed by atoms with van der Waals surface area (Å²) in [4.78, 5) is 2.70. The zero-order valence-corrected chi connectivity index (χ0v) is 17.7. The molecule has 1 saturated carbocycles. The highest BCUT2D eigenvalue weighted by molar-refractivity contribution is 7.91. The Morgan fingerprint density at radius 2 is 1.89 bits per heavy atom. The van der Waals surface area contributed by atoms with Gasteiger partial charge in [-0.1, -0.05) is 17.6 Å². The fraction of sp³-hybridized carbons (Fsp3) is 0.739. The van der Waals surface area contributed by atoms with Crippen LogP contribution in [0, 0.1) is 5.92 Å². The second-order valence-corrected chi connectivity index (χ2v) is 11.0. The van der Waals surface area contributed by atoms with Crippen LogP contribution in [0.15, 0.2) is 18.2 Å². The van der Waals surface area contributed by atoms with E-state index in [2.05, 4.69) is 23.1 Å². The molecule has 1 spiro atoms. The Kier molecular flexibility index (Phi) is 5.50. The van der Waals surface area contributed by atoms with Gasteiger partial charge >= 0.3 is 0 Å². The van der Waals surface area contributed by atoms with E-state index in [0.29, 0.717) is 5.92 Å². The number of ether oxygens (including phenoxy) is 2. The van der Waals surface area contributed by atoms with Gasteiger partial charge in [-0.25, -0.2) is 0 Å². The quantitative estimate of drug-likeness (QED) is 0.715. The average Bonchev–Trinajstić information content (AvgIpc) is 2.68. The fourth-order valence-corrected chi connectivity index (χ4v) is 6.61. The van der Waals surface area contributed by atoms with Gasteiger partial charge in [0.2, 0.25) is 0 Å². The Balaban J connectivity index is 1.16. The molecule has 5 heteroatoms. The monoisotopic (exact) mass is 403 g/mol. The zero-order valence-electron chi connectivity index (χ0n) is 16.9. The molecule has 2 saturated heterocycles. The third kappa shape index (κ3) is 4.03. The molecule has 1 aromatic rings. The molecule has 0 N–H and O–H groups in total. The number of rotatable bonds is 4. The first-order valence-electron chi connectivity index (χ1n) is 11.2. The van der Waals surface area contributed by atoms with E-state index >= 15 is 0 Å². The van der Waals surface area contributed by atoms with E-state index in [4.69, 9.17) is 9.47 Å². The van der Waals surface area contributed by atoms with Crippen molar-refractivity contribution in [1.82, 2.24) is 4.90 Å². The van der Waals surface area contributed by atoms with E-state index in [0.717, 1.165) is 61.3 Å². The first-order valence-corrected chi connectivity index (χ1v) is 12.7. The van der Waals surface area contributed by atoms with E-state index in [9.17, 15) is 4.55 Å². The normalized spacial score (nSPS) is 30.3. The zero-order chi connectivity index (χ0) is 19.0. The van der Waals surface area contributed by atoms with Crippen LogP contribution in [-0.4, -0.2) is 52.3 Å². The summed E-state index contributed by atoms with van der Waals surface area (Å²) in [6.45, 7) is 3.15. The summed E-state index contributed by atoms with van der Waals surface area (Å²) in [7, 11) is 0. The van der Waals surface area contributed by atoms with Crippen molar-refractivity contribution in [2.24, 2.45) is 5.92 Å². The highest BCUT2D eigenvalue weighted by Gasteiger charge is 2.41. The van der Waals surface area contributed by atoms with E-state index in [-0.39, 0.29) is 5.60 Å². The van der Waals surface area contributed by atoms with Crippen molar-refractivity contribution in [3.05, 3.63) is 23.8 Å². The minimum atomic E-state index is -0.594. The van der Waals surface area contributed by atoms with Gasteiger partial charge in [-0.3, -0.25) is 0 Å². The van der Waals surface area contributed by atoms with Crippen molar-refractivity contribution >= 4 is 11.2 Å². The number of piperidine rings is 1.